The summed E-state index contributed by atoms with van der Waals surface area (Å²) in [7, 11) is 1.56. The lowest BCUT2D eigenvalue weighted by molar-refractivity contribution is 0.0737. The molecule has 1 fully saturated rings. The summed E-state index contributed by atoms with van der Waals surface area (Å²) in [6.07, 6.45) is -1.10. The second-order valence-electron chi connectivity index (χ2n) is 4.14. The Labute approximate surface area is 110 Å². The monoisotopic (exact) mass is 270 g/mol. The van der Waals surface area contributed by atoms with Crippen LogP contribution in [0, 0.1) is 0 Å². The molecule has 0 bridgehead atoms. The van der Waals surface area contributed by atoms with Crippen molar-refractivity contribution in [3.8, 4) is 5.75 Å². The van der Waals surface area contributed by atoms with Crippen LogP contribution in [0.2, 0.25) is 5.02 Å². The van der Waals surface area contributed by atoms with Gasteiger partial charge < -0.3 is 20.1 Å². The zero-order valence-electron chi connectivity index (χ0n) is 9.97. The molecule has 1 aromatic carbocycles. The van der Waals surface area contributed by atoms with Gasteiger partial charge in [-0.3, -0.25) is 0 Å². The summed E-state index contributed by atoms with van der Waals surface area (Å²) in [6, 6.07) is 6.69. The van der Waals surface area contributed by atoms with Gasteiger partial charge in [-0.2, -0.15) is 0 Å². The lowest BCUT2D eigenvalue weighted by Crippen LogP contribution is -2.37. The Morgan fingerprint density at radius 1 is 1.44 bits per heavy atom. The Hall–Kier alpha value is -1.46. The molecular formula is C12H15ClN2O3. The summed E-state index contributed by atoms with van der Waals surface area (Å²) >= 11 is 5.77. The molecule has 1 aromatic rings. The number of hydrogen-bond acceptors (Lipinski definition) is 3. The van der Waals surface area contributed by atoms with Crippen molar-refractivity contribution in [2.24, 2.45) is 0 Å². The molecule has 6 heteroatoms. The third kappa shape index (κ3) is 2.86. The quantitative estimate of drug-likeness (QED) is 0.846. The Kier molecular flexibility index (Phi) is 3.93. The first-order valence-electron chi connectivity index (χ1n) is 5.67. The van der Waals surface area contributed by atoms with E-state index in [9.17, 15) is 9.90 Å². The van der Waals surface area contributed by atoms with E-state index in [-0.39, 0.29) is 12.6 Å². The van der Waals surface area contributed by atoms with Gasteiger partial charge in [0.15, 0.2) is 0 Å². The molecule has 2 atom stereocenters. The molecule has 5 nitrogen and oxygen atoms in total. The second kappa shape index (κ2) is 5.46. The fourth-order valence-corrected chi connectivity index (χ4v) is 2.01. The highest BCUT2D eigenvalue weighted by atomic mass is 35.5. The van der Waals surface area contributed by atoms with Crippen LogP contribution in [0.15, 0.2) is 24.3 Å². The molecule has 1 heterocycles. The van der Waals surface area contributed by atoms with Crippen LogP contribution in [0.1, 0.15) is 0 Å². The number of carbonyl (C=O) groups is 1. The summed E-state index contributed by atoms with van der Waals surface area (Å²) in [5.74, 6) is 0.627. The summed E-state index contributed by atoms with van der Waals surface area (Å²) in [5, 5.41) is 13.0. The third-order valence-corrected chi connectivity index (χ3v) is 3.09. The topological polar surface area (TPSA) is 61.8 Å². The molecule has 1 saturated heterocycles. The maximum atomic E-state index is 11.4. The summed E-state index contributed by atoms with van der Waals surface area (Å²) < 4.78 is 5.64. The van der Waals surface area contributed by atoms with Crippen molar-refractivity contribution in [3.63, 3.8) is 0 Å². The van der Waals surface area contributed by atoms with Gasteiger partial charge in [-0.25, -0.2) is 4.79 Å². The number of β-amino-alcohol motifs (C(OH)–C–C–N with tert-alkyl or cyclic N) is 1. The van der Waals surface area contributed by atoms with Crippen LogP contribution in [0.4, 0.5) is 4.79 Å². The first-order chi connectivity index (χ1) is 8.60. The van der Waals surface area contributed by atoms with E-state index >= 15 is 0 Å². The van der Waals surface area contributed by atoms with E-state index in [1.54, 1.807) is 31.3 Å². The molecule has 0 radical (unpaired) electrons. The molecule has 2 unspecified atom stereocenters. The number of nitrogens with zero attached hydrogens (tertiary/aromatic N) is 1. The lowest BCUT2D eigenvalue weighted by atomic mass is 10.2. The van der Waals surface area contributed by atoms with Crippen molar-refractivity contribution in [1.82, 2.24) is 10.2 Å². The predicted molar refractivity (Wildman–Crippen MR) is 67.9 cm³/mol. The van der Waals surface area contributed by atoms with Gasteiger partial charge in [0.25, 0.3) is 0 Å². The number of aliphatic hydroxyl groups excluding tert-OH is 1. The molecule has 0 saturated carbocycles. The Bertz CT molecular complexity index is 424. The molecule has 2 N–H and O–H groups in total. The smallest absolute Gasteiger partial charge is 0.317 e. The van der Waals surface area contributed by atoms with E-state index in [1.165, 1.54) is 4.90 Å². The number of amides is 2. The average molecular weight is 271 g/mol. The number of rotatable bonds is 2. The van der Waals surface area contributed by atoms with Crippen molar-refractivity contribution in [1.29, 1.82) is 0 Å². The summed E-state index contributed by atoms with van der Waals surface area (Å²) in [5.41, 5.74) is 0. The van der Waals surface area contributed by atoms with Crippen LogP contribution in [-0.2, 0) is 0 Å². The molecule has 2 amide bonds. The van der Waals surface area contributed by atoms with E-state index in [4.69, 9.17) is 16.3 Å². The Balaban J connectivity index is 1.98. The number of urea groups is 1. The fraction of sp³-hybridized carbons (Fsp3) is 0.417. The van der Waals surface area contributed by atoms with Crippen LogP contribution in [0.3, 0.4) is 0 Å². The van der Waals surface area contributed by atoms with Crippen molar-refractivity contribution in [2.75, 3.05) is 20.1 Å². The van der Waals surface area contributed by atoms with Crippen molar-refractivity contribution < 1.29 is 14.6 Å². The summed E-state index contributed by atoms with van der Waals surface area (Å²) in [4.78, 5) is 13.0. The van der Waals surface area contributed by atoms with Gasteiger partial charge in [-0.15, -0.1) is 0 Å². The van der Waals surface area contributed by atoms with Crippen molar-refractivity contribution in [2.45, 2.75) is 12.2 Å². The third-order valence-electron chi connectivity index (χ3n) is 2.84. The molecular weight excluding hydrogens is 256 g/mol. The highest BCUT2D eigenvalue weighted by Gasteiger charge is 2.35. The molecule has 0 spiro atoms. The number of nitrogens with one attached hydrogen (secondary N) is 1. The molecule has 18 heavy (non-hydrogen) atoms. The minimum atomic E-state index is -0.682. The van der Waals surface area contributed by atoms with Gasteiger partial charge in [0.1, 0.15) is 18.0 Å². The molecule has 2 rings (SSSR count). The number of hydrogen-bond donors (Lipinski definition) is 2. The number of carbonyl (C=O) groups excluding carboxylic acids is 1. The van der Waals surface area contributed by atoms with E-state index in [0.29, 0.717) is 17.3 Å². The normalized spacial score (nSPS) is 22.9. The van der Waals surface area contributed by atoms with E-state index < -0.39 is 12.2 Å². The standard InChI is InChI=1S/C12H15ClN2O3/c1-14-12(17)15-6-10(16)11(7-15)18-9-4-2-8(13)3-5-9/h2-5,10-11,16H,6-7H2,1H3,(H,14,17). The molecule has 98 valence electrons. The van der Waals surface area contributed by atoms with Gasteiger partial charge >= 0.3 is 6.03 Å². The maximum Gasteiger partial charge on any atom is 0.317 e. The number of likely N-dealkylation sites (tertiary alicyclic amines) is 1. The molecule has 0 aliphatic carbocycles. The number of ether oxygens (including phenoxy) is 1. The zero-order chi connectivity index (χ0) is 13.1. The predicted octanol–water partition coefficient (Wildman–Crippen LogP) is 1.10. The Morgan fingerprint density at radius 3 is 2.72 bits per heavy atom. The highest BCUT2D eigenvalue weighted by Crippen LogP contribution is 2.20. The van der Waals surface area contributed by atoms with Gasteiger partial charge in [0.2, 0.25) is 0 Å². The largest absolute Gasteiger partial charge is 0.486 e. The summed E-state index contributed by atoms with van der Waals surface area (Å²) in [6.45, 7) is 0.640. The first kappa shape index (κ1) is 13.0. The average Bonchev–Trinajstić information content (AvgIpc) is 2.73. The van der Waals surface area contributed by atoms with Gasteiger partial charge in [-0.05, 0) is 24.3 Å². The van der Waals surface area contributed by atoms with Gasteiger partial charge in [0, 0.05) is 12.1 Å². The van der Waals surface area contributed by atoms with Crippen LogP contribution in [-0.4, -0.2) is 48.4 Å². The van der Waals surface area contributed by atoms with E-state index in [0.717, 1.165) is 0 Å². The van der Waals surface area contributed by atoms with Crippen LogP contribution >= 0.6 is 11.6 Å². The first-order valence-corrected chi connectivity index (χ1v) is 6.05. The van der Waals surface area contributed by atoms with Crippen molar-refractivity contribution in [3.05, 3.63) is 29.3 Å². The SMILES string of the molecule is CNC(=O)N1CC(O)C(Oc2ccc(Cl)cc2)C1. The lowest BCUT2D eigenvalue weighted by Gasteiger charge is -2.16. The minimum absolute atomic E-state index is 0.212. The van der Waals surface area contributed by atoms with E-state index in [1.807, 2.05) is 0 Å². The zero-order valence-corrected chi connectivity index (χ0v) is 10.7. The molecule has 1 aliphatic rings. The van der Waals surface area contributed by atoms with Gasteiger partial charge in [0.05, 0.1) is 13.1 Å². The van der Waals surface area contributed by atoms with Crippen molar-refractivity contribution >= 4 is 17.6 Å². The van der Waals surface area contributed by atoms with Crippen LogP contribution in [0.5, 0.6) is 5.75 Å². The highest BCUT2D eigenvalue weighted by molar-refractivity contribution is 6.30. The fourth-order valence-electron chi connectivity index (χ4n) is 1.88. The van der Waals surface area contributed by atoms with Crippen LogP contribution < -0.4 is 10.1 Å². The molecule has 1 aliphatic heterocycles. The number of halogens is 1. The van der Waals surface area contributed by atoms with Crippen LogP contribution in [0.25, 0.3) is 0 Å². The van der Waals surface area contributed by atoms with E-state index in [2.05, 4.69) is 5.32 Å². The maximum absolute atomic E-state index is 11.4. The molecule has 0 aromatic heterocycles. The Morgan fingerprint density at radius 2 is 2.11 bits per heavy atom. The van der Waals surface area contributed by atoms with Gasteiger partial charge in [-0.1, -0.05) is 11.6 Å². The number of aliphatic hydroxyl groups is 1. The second-order valence-corrected chi connectivity index (χ2v) is 4.57. The minimum Gasteiger partial charge on any atom is -0.486 e. The number of benzene rings is 1.